The summed E-state index contributed by atoms with van der Waals surface area (Å²) in [6.07, 6.45) is 3.16. The summed E-state index contributed by atoms with van der Waals surface area (Å²) in [4.78, 5) is 20.9. The summed E-state index contributed by atoms with van der Waals surface area (Å²) in [6.45, 7) is 0. The lowest BCUT2D eigenvalue weighted by molar-refractivity contribution is 0.102. The van der Waals surface area contributed by atoms with E-state index in [1.807, 2.05) is 6.07 Å². The molecule has 1 aromatic heterocycles. The molecule has 6 heteroatoms. The van der Waals surface area contributed by atoms with Gasteiger partial charge in [0.05, 0.1) is 16.8 Å². The van der Waals surface area contributed by atoms with Gasteiger partial charge in [-0.25, -0.2) is 0 Å². The molecular weight excluding hydrogens is 354 g/mol. The molecule has 21 heavy (non-hydrogen) atoms. The van der Waals surface area contributed by atoms with E-state index in [1.165, 1.54) is 0 Å². The molecule has 2 aromatic carbocycles. The smallest absolute Gasteiger partial charge is 0.257 e. The molecule has 104 valence electrons. The fourth-order valence-electron chi connectivity index (χ4n) is 1.96. The van der Waals surface area contributed by atoms with Crippen LogP contribution in [0.1, 0.15) is 10.4 Å². The third kappa shape index (κ3) is 2.89. The highest BCUT2D eigenvalue weighted by atomic mass is 79.9. The summed E-state index contributed by atoms with van der Waals surface area (Å²) >= 11 is 9.33. The largest absolute Gasteiger partial charge is 0.321 e. The van der Waals surface area contributed by atoms with Crippen LogP contribution in [0.5, 0.6) is 0 Å². The van der Waals surface area contributed by atoms with Crippen LogP contribution in [-0.4, -0.2) is 15.9 Å². The first-order chi connectivity index (χ1) is 10.1. The summed E-state index contributed by atoms with van der Waals surface area (Å²) in [7, 11) is 0. The fraction of sp³-hybridized carbons (Fsp3) is 0. The molecule has 0 aliphatic heterocycles. The average Bonchev–Trinajstić information content (AvgIpc) is 2.50. The van der Waals surface area contributed by atoms with E-state index in [-0.39, 0.29) is 5.91 Å². The maximum Gasteiger partial charge on any atom is 0.257 e. The minimum Gasteiger partial charge on any atom is -0.321 e. The number of para-hydroxylation sites is 1. The second kappa shape index (κ2) is 5.79. The van der Waals surface area contributed by atoms with E-state index >= 15 is 0 Å². The monoisotopic (exact) mass is 361 g/mol. The van der Waals surface area contributed by atoms with Gasteiger partial charge in [-0.05, 0) is 46.3 Å². The molecule has 0 aliphatic rings. The van der Waals surface area contributed by atoms with Crippen molar-refractivity contribution in [1.29, 1.82) is 0 Å². The number of carbonyl (C=O) groups excluding carboxylic acids is 1. The predicted octanol–water partition coefficient (Wildman–Crippen LogP) is 4.30. The normalized spacial score (nSPS) is 10.6. The van der Waals surface area contributed by atoms with E-state index in [0.29, 0.717) is 27.3 Å². The molecule has 4 nitrogen and oxygen atoms in total. The van der Waals surface area contributed by atoms with E-state index in [9.17, 15) is 4.79 Å². The molecule has 0 saturated carbocycles. The van der Waals surface area contributed by atoms with Gasteiger partial charge in [0.15, 0.2) is 0 Å². The lowest BCUT2D eigenvalue weighted by Gasteiger charge is -2.09. The molecule has 0 spiro atoms. The number of benzene rings is 2. The first kappa shape index (κ1) is 14.0. The Morgan fingerprint density at radius 1 is 1.14 bits per heavy atom. The van der Waals surface area contributed by atoms with Gasteiger partial charge in [-0.3, -0.25) is 14.8 Å². The van der Waals surface area contributed by atoms with Gasteiger partial charge in [0.1, 0.15) is 5.52 Å². The average molecular weight is 363 g/mol. The maximum atomic E-state index is 12.4. The van der Waals surface area contributed by atoms with Gasteiger partial charge in [0, 0.05) is 21.9 Å². The SMILES string of the molecule is O=C(Nc1cc(Cl)ccc1Br)c1cccc2nccnc12. The number of halogens is 2. The van der Waals surface area contributed by atoms with Crippen molar-refractivity contribution >= 4 is 50.2 Å². The molecule has 0 fully saturated rings. The van der Waals surface area contributed by atoms with E-state index < -0.39 is 0 Å². The van der Waals surface area contributed by atoms with Crippen LogP contribution in [0.3, 0.4) is 0 Å². The Morgan fingerprint density at radius 3 is 2.81 bits per heavy atom. The van der Waals surface area contributed by atoms with Crippen molar-refractivity contribution in [3.05, 3.63) is 63.9 Å². The van der Waals surface area contributed by atoms with Gasteiger partial charge in [0.2, 0.25) is 0 Å². The molecular formula is C15H9BrClN3O. The Morgan fingerprint density at radius 2 is 1.95 bits per heavy atom. The molecule has 1 N–H and O–H groups in total. The molecule has 0 radical (unpaired) electrons. The zero-order valence-electron chi connectivity index (χ0n) is 10.7. The number of amides is 1. The van der Waals surface area contributed by atoms with Crippen molar-refractivity contribution in [3.63, 3.8) is 0 Å². The van der Waals surface area contributed by atoms with Crippen LogP contribution in [0.15, 0.2) is 53.3 Å². The predicted molar refractivity (Wildman–Crippen MR) is 86.6 cm³/mol. The van der Waals surface area contributed by atoms with Crippen LogP contribution in [0.4, 0.5) is 5.69 Å². The number of fused-ring (bicyclic) bond motifs is 1. The number of hydrogen-bond acceptors (Lipinski definition) is 3. The van der Waals surface area contributed by atoms with Crippen LogP contribution in [0.25, 0.3) is 11.0 Å². The zero-order chi connectivity index (χ0) is 14.8. The number of aromatic nitrogens is 2. The van der Waals surface area contributed by atoms with Gasteiger partial charge in [-0.1, -0.05) is 17.7 Å². The Hall–Kier alpha value is -1.98. The second-order valence-corrected chi connectivity index (χ2v) is 5.60. The van der Waals surface area contributed by atoms with Gasteiger partial charge in [0.25, 0.3) is 5.91 Å². The van der Waals surface area contributed by atoms with Crippen molar-refractivity contribution in [3.8, 4) is 0 Å². The summed E-state index contributed by atoms with van der Waals surface area (Å²) in [5.41, 5.74) is 2.31. The highest BCUT2D eigenvalue weighted by Crippen LogP contribution is 2.27. The first-order valence-corrected chi connectivity index (χ1v) is 7.28. The number of rotatable bonds is 2. The van der Waals surface area contributed by atoms with E-state index in [4.69, 9.17) is 11.6 Å². The molecule has 0 unspecified atom stereocenters. The van der Waals surface area contributed by atoms with Crippen molar-refractivity contribution in [1.82, 2.24) is 9.97 Å². The quantitative estimate of drug-likeness (QED) is 0.739. The van der Waals surface area contributed by atoms with Gasteiger partial charge >= 0.3 is 0 Å². The lowest BCUT2D eigenvalue weighted by Crippen LogP contribution is -2.13. The number of nitrogens with zero attached hydrogens (tertiary/aromatic N) is 2. The van der Waals surface area contributed by atoms with Crippen LogP contribution in [0, 0.1) is 0 Å². The molecule has 3 aromatic rings. The van der Waals surface area contributed by atoms with Gasteiger partial charge < -0.3 is 5.32 Å². The van der Waals surface area contributed by atoms with Crippen molar-refractivity contribution in [2.24, 2.45) is 0 Å². The summed E-state index contributed by atoms with van der Waals surface area (Å²) in [5.74, 6) is -0.260. The Kier molecular flexibility index (Phi) is 3.86. The van der Waals surface area contributed by atoms with E-state index in [2.05, 4.69) is 31.2 Å². The Labute approximate surface area is 134 Å². The van der Waals surface area contributed by atoms with Crippen molar-refractivity contribution in [2.75, 3.05) is 5.32 Å². The van der Waals surface area contributed by atoms with Crippen LogP contribution < -0.4 is 5.32 Å². The lowest BCUT2D eigenvalue weighted by atomic mass is 10.1. The highest BCUT2D eigenvalue weighted by Gasteiger charge is 2.13. The van der Waals surface area contributed by atoms with Crippen LogP contribution >= 0.6 is 27.5 Å². The van der Waals surface area contributed by atoms with Crippen LogP contribution in [0.2, 0.25) is 5.02 Å². The first-order valence-electron chi connectivity index (χ1n) is 6.11. The molecule has 3 rings (SSSR count). The minimum absolute atomic E-state index is 0.260. The second-order valence-electron chi connectivity index (χ2n) is 4.31. The number of nitrogens with one attached hydrogen (secondary N) is 1. The molecule has 0 saturated heterocycles. The maximum absolute atomic E-state index is 12.4. The topological polar surface area (TPSA) is 54.9 Å². The highest BCUT2D eigenvalue weighted by molar-refractivity contribution is 9.10. The van der Waals surface area contributed by atoms with Gasteiger partial charge in [-0.2, -0.15) is 0 Å². The third-order valence-corrected chi connectivity index (χ3v) is 3.85. The number of hydrogen-bond donors (Lipinski definition) is 1. The Balaban J connectivity index is 1.99. The fourth-order valence-corrected chi connectivity index (χ4v) is 2.48. The zero-order valence-corrected chi connectivity index (χ0v) is 13.0. The van der Waals surface area contributed by atoms with Gasteiger partial charge in [-0.15, -0.1) is 0 Å². The van der Waals surface area contributed by atoms with E-state index in [1.54, 1.807) is 42.7 Å². The molecule has 1 amide bonds. The molecule has 0 atom stereocenters. The summed E-state index contributed by atoms with van der Waals surface area (Å²) < 4.78 is 0.756. The van der Waals surface area contributed by atoms with Crippen molar-refractivity contribution in [2.45, 2.75) is 0 Å². The summed E-state index contributed by atoms with van der Waals surface area (Å²) in [5, 5.41) is 3.37. The third-order valence-electron chi connectivity index (χ3n) is 2.92. The summed E-state index contributed by atoms with van der Waals surface area (Å²) in [6, 6.07) is 10.5. The molecule has 0 aliphatic carbocycles. The molecule has 1 heterocycles. The minimum atomic E-state index is -0.260. The Bertz CT molecular complexity index is 833. The standard InChI is InChI=1S/C15H9BrClN3O/c16-11-5-4-9(17)8-13(11)20-15(21)10-2-1-3-12-14(10)19-7-6-18-12/h1-8H,(H,20,21). The van der Waals surface area contributed by atoms with E-state index in [0.717, 1.165) is 4.47 Å². The number of anilines is 1. The van der Waals surface area contributed by atoms with Crippen molar-refractivity contribution < 1.29 is 4.79 Å². The molecule has 0 bridgehead atoms. The van der Waals surface area contributed by atoms with Crippen LogP contribution in [-0.2, 0) is 0 Å². The number of carbonyl (C=O) groups is 1.